The average molecular weight is 537 g/mol. The van der Waals surface area contributed by atoms with E-state index >= 15 is 0 Å². The van der Waals surface area contributed by atoms with Crippen LogP contribution in [0, 0.1) is 11.8 Å². The van der Waals surface area contributed by atoms with Crippen LogP contribution in [0.3, 0.4) is 0 Å². The molecule has 0 N–H and O–H groups in total. The van der Waals surface area contributed by atoms with Crippen LogP contribution in [-0.4, -0.2) is 24.4 Å². The van der Waals surface area contributed by atoms with Crippen molar-refractivity contribution in [2.45, 2.75) is 64.7 Å². The van der Waals surface area contributed by atoms with E-state index in [1.54, 1.807) is 0 Å². The zero-order chi connectivity index (χ0) is 27.6. The molecule has 1 saturated carbocycles. The molecule has 1 aliphatic rings. The molecule has 3 unspecified atom stereocenters. The van der Waals surface area contributed by atoms with Gasteiger partial charge in [-0.15, -0.1) is 0 Å². The first-order valence-electron chi connectivity index (χ1n) is 14.3. The summed E-state index contributed by atoms with van der Waals surface area (Å²) >= 11 is 0. The minimum atomic E-state index is -0.306. The molecule has 4 nitrogen and oxygen atoms in total. The van der Waals surface area contributed by atoms with Gasteiger partial charge in [-0.1, -0.05) is 135 Å². The van der Waals surface area contributed by atoms with Crippen LogP contribution in [0.1, 0.15) is 36.1 Å². The van der Waals surface area contributed by atoms with E-state index in [1.807, 2.05) is 72.8 Å². The second-order valence-corrected chi connectivity index (χ2v) is 10.8. The Morgan fingerprint density at radius 1 is 0.350 bits per heavy atom. The number of benzene rings is 4. The lowest BCUT2D eigenvalue weighted by molar-refractivity contribution is -0.244. The van der Waals surface area contributed by atoms with Crippen molar-refractivity contribution in [3.63, 3.8) is 0 Å². The molecule has 1 aliphatic carbocycles. The van der Waals surface area contributed by atoms with Crippen molar-refractivity contribution >= 4 is 0 Å². The molecule has 0 spiro atoms. The molecule has 0 bridgehead atoms. The van der Waals surface area contributed by atoms with E-state index in [0.717, 1.165) is 22.3 Å². The molecule has 5 rings (SSSR count). The van der Waals surface area contributed by atoms with Gasteiger partial charge in [0.15, 0.2) is 0 Å². The van der Waals surface area contributed by atoms with Gasteiger partial charge in [0.1, 0.15) is 12.2 Å². The fourth-order valence-electron chi connectivity index (χ4n) is 5.51. The molecule has 1 fully saturated rings. The highest BCUT2D eigenvalue weighted by molar-refractivity contribution is 5.17. The quantitative estimate of drug-likeness (QED) is 0.187. The molecule has 0 radical (unpaired) electrons. The maximum absolute atomic E-state index is 6.74. The highest BCUT2D eigenvalue weighted by Crippen LogP contribution is 2.39. The predicted molar refractivity (Wildman–Crippen MR) is 158 cm³/mol. The molecule has 0 amide bonds. The number of hydrogen-bond acceptors (Lipinski definition) is 4. The Hall–Kier alpha value is -3.28. The largest absolute Gasteiger partial charge is 0.370 e. The molecule has 0 heterocycles. The van der Waals surface area contributed by atoms with Gasteiger partial charge in [-0.3, -0.25) is 0 Å². The summed E-state index contributed by atoms with van der Waals surface area (Å²) in [6.45, 7) is 6.52. The highest BCUT2D eigenvalue weighted by Gasteiger charge is 2.50. The normalized spacial score (nSPS) is 24.6. The Balaban J connectivity index is 1.42. The third kappa shape index (κ3) is 7.47. The first kappa shape index (κ1) is 28.3. The van der Waals surface area contributed by atoms with Crippen LogP contribution in [-0.2, 0) is 45.4 Å². The molecule has 0 aliphatic heterocycles. The van der Waals surface area contributed by atoms with Crippen molar-refractivity contribution in [2.24, 2.45) is 11.8 Å². The van der Waals surface area contributed by atoms with Crippen molar-refractivity contribution < 1.29 is 18.9 Å². The van der Waals surface area contributed by atoms with Crippen LogP contribution in [0.2, 0.25) is 0 Å². The van der Waals surface area contributed by atoms with Crippen molar-refractivity contribution in [1.29, 1.82) is 0 Å². The van der Waals surface area contributed by atoms with Gasteiger partial charge in [0.2, 0.25) is 0 Å². The lowest BCUT2D eigenvalue weighted by Crippen LogP contribution is -2.60. The van der Waals surface area contributed by atoms with Crippen LogP contribution >= 0.6 is 0 Å². The topological polar surface area (TPSA) is 36.9 Å². The van der Waals surface area contributed by atoms with Crippen LogP contribution in [0.25, 0.3) is 0 Å². The van der Waals surface area contributed by atoms with Crippen LogP contribution in [0.15, 0.2) is 121 Å². The van der Waals surface area contributed by atoms with E-state index in [0.29, 0.717) is 26.4 Å². The van der Waals surface area contributed by atoms with E-state index in [9.17, 15) is 0 Å². The van der Waals surface area contributed by atoms with Gasteiger partial charge in [0, 0.05) is 0 Å². The number of rotatable bonds is 12. The number of ether oxygens (including phenoxy) is 4. The van der Waals surface area contributed by atoms with E-state index < -0.39 is 0 Å². The Morgan fingerprint density at radius 3 is 0.825 bits per heavy atom. The highest BCUT2D eigenvalue weighted by atomic mass is 16.6. The van der Waals surface area contributed by atoms with E-state index in [1.165, 1.54) is 0 Å². The molecule has 40 heavy (non-hydrogen) atoms. The average Bonchev–Trinajstić information content (AvgIpc) is 3.01. The zero-order valence-corrected chi connectivity index (χ0v) is 23.5. The second kappa shape index (κ2) is 14.4. The maximum Gasteiger partial charge on any atom is 0.113 e. The van der Waals surface area contributed by atoms with Gasteiger partial charge >= 0.3 is 0 Å². The summed E-state index contributed by atoms with van der Waals surface area (Å²) in [6, 6.07) is 41.3. The molecule has 4 aromatic carbocycles. The van der Waals surface area contributed by atoms with Gasteiger partial charge in [-0.2, -0.15) is 0 Å². The minimum absolute atomic E-state index is 0.156. The number of hydrogen-bond donors (Lipinski definition) is 0. The Kier molecular flexibility index (Phi) is 10.2. The Bertz CT molecular complexity index is 1150. The molecule has 208 valence electrons. The van der Waals surface area contributed by atoms with E-state index in [-0.39, 0.29) is 36.3 Å². The van der Waals surface area contributed by atoms with Gasteiger partial charge in [-0.05, 0) is 34.1 Å². The van der Waals surface area contributed by atoms with Gasteiger partial charge in [0.25, 0.3) is 0 Å². The lowest BCUT2D eigenvalue weighted by atomic mass is 9.73. The van der Waals surface area contributed by atoms with Crippen molar-refractivity contribution in [2.75, 3.05) is 0 Å². The van der Waals surface area contributed by atoms with Crippen LogP contribution in [0.4, 0.5) is 0 Å². The summed E-state index contributed by atoms with van der Waals surface area (Å²) in [5, 5.41) is 0. The fraction of sp³-hybridized carbons (Fsp3) is 0.333. The van der Waals surface area contributed by atoms with Crippen LogP contribution < -0.4 is 0 Å². The summed E-state index contributed by atoms with van der Waals surface area (Å²) < 4.78 is 26.9. The summed E-state index contributed by atoms with van der Waals surface area (Å²) in [5.74, 6) is 0.392. The second-order valence-electron chi connectivity index (χ2n) is 10.8. The molecular formula is C36H40O4. The summed E-state index contributed by atoms with van der Waals surface area (Å²) in [7, 11) is 0. The van der Waals surface area contributed by atoms with Crippen LogP contribution in [0.5, 0.6) is 0 Å². The summed E-state index contributed by atoms with van der Waals surface area (Å²) in [6.07, 6.45) is -0.924. The van der Waals surface area contributed by atoms with Gasteiger partial charge in [-0.25, -0.2) is 0 Å². The first-order chi connectivity index (χ1) is 19.7. The molecule has 0 saturated heterocycles. The molecule has 4 aromatic rings. The zero-order valence-electron chi connectivity index (χ0n) is 23.5. The standard InChI is InChI=1S/C36H40O4/c1-27-28(2)34(38-24-30-17-9-4-10-18-30)36(40-26-32-21-13-6-14-22-32)35(39-25-31-19-11-5-12-20-31)33(27)37-23-29-15-7-3-8-16-29/h3-22,27-28,33-36H,23-26H2,1-2H3/t27-,28?,33?,34?,35-,36+/m1/s1. The molecular weight excluding hydrogens is 496 g/mol. The molecule has 4 heteroatoms. The monoisotopic (exact) mass is 536 g/mol. The van der Waals surface area contributed by atoms with Crippen molar-refractivity contribution in [3.05, 3.63) is 144 Å². The van der Waals surface area contributed by atoms with E-state index in [4.69, 9.17) is 18.9 Å². The maximum atomic E-state index is 6.74. The third-order valence-electron chi connectivity index (χ3n) is 7.98. The predicted octanol–water partition coefficient (Wildman–Crippen LogP) is 7.61. The summed E-state index contributed by atoms with van der Waals surface area (Å²) in [4.78, 5) is 0. The Morgan fingerprint density at radius 2 is 0.575 bits per heavy atom. The molecule has 6 atom stereocenters. The van der Waals surface area contributed by atoms with Gasteiger partial charge in [0.05, 0.1) is 38.6 Å². The third-order valence-corrected chi connectivity index (χ3v) is 7.98. The lowest BCUT2D eigenvalue weighted by Gasteiger charge is -2.48. The Labute approximate surface area is 238 Å². The minimum Gasteiger partial charge on any atom is -0.370 e. The molecule has 0 aromatic heterocycles. The van der Waals surface area contributed by atoms with Crippen molar-refractivity contribution in [1.82, 2.24) is 0 Å². The first-order valence-corrected chi connectivity index (χ1v) is 14.3. The smallest absolute Gasteiger partial charge is 0.113 e. The van der Waals surface area contributed by atoms with E-state index in [2.05, 4.69) is 62.4 Å². The van der Waals surface area contributed by atoms with Gasteiger partial charge < -0.3 is 18.9 Å². The SMILES string of the molecule is CC1C(OCc2ccccc2)[C@H](OCc2ccccc2)[C@H](OCc2ccccc2)C(OCc2ccccc2)[C@@H]1C. The van der Waals surface area contributed by atoms with Crippen molar-refractivity contribution in [3.8, 4) is 0 Å². The summed E-state index contributed by atoms with van der Waals surface area (Å²) in [5.41, 5.74) is 4.54. The fourth-order valence-corrected chi connectivity index (χ4v) is 5.51.